The van der Waals surface area contributed by atoms with Gasteiger partial charge in [0.2, 0.25) is 6.29 Å². The lowest BCUT2D eigenvalue weighted by Gasteiger charge is -2.23. The standard InChI is InChI=1S/C16H19NO7.C15H17NO7.2H2/c1-2-14(24-16(19)22-10-3-6-20-7-4-10)23-15(18)12-9-13-11(17-12)5-8-21-13;1-9(22-15(18)23-10-2-5-19-6-3-10)21-14(17)12-8-13-11(16-12)4-7-20-13;;/h5,8-10,14,17H,2-4,6-7H2,1H3;4,7-10,16H,2-3,5-6H2,1H3;2*1H. The van der Waals surface area contributed by atoms with Crippen molar-refractivity contribution in [2.24, 2.45) is 0 Å². The largest absolute Gasteiger partial charge is 0.511 e. The molecule has 4 aromatic rings. The number of nitrogens with one attached hydrogen (secondary N) is 2. The molecule has 6 rings (SSSR count). The third-order valence-electron chi connectivity index (χ3n) is 7.12. The van der Waals surface area contributed by atoms with Gasteiger partial charge in [-0.15, -0.1) is 0 Å². The second-order valence-electron chi connectivity index (χ2n) is 10.6. The van der Waals surface area contributed by atoms with Gasteiger partial charge in [0.15, 0.2) is 11.2 Å². The highest BCUT2D eigenvalue weighted by Crippen LogP contribution is 2.20. The highest BCUT2D eigenvalue weighted by molar-refractivity contribution is 5.93. The molecule has 2 aliphatic heterocycles. The summed E-state index contributed by atoms with van der Waals surface area (Å²) in [6.07, 6.45) is 1.61. The summed E-state index contributed by atoms with van der Waals surface area (Å²) in [5.41, 5.74) is 2.91. The van der Waals surface area contributed by atoms with Crippen molar-refractivity contribution in [2.75, 3.05) is 26.4 Å². The summed E-state index contributed by atoms with van der Waals surface area (Å²) < 4.78 is 51.2. The van der Waals surface area contributed by atoms with Gasteiger partial charge in [0.1, 0.15) is 23.6 Å². The molecule has 6 heterocycles. The first-order valence-corrected chi connectivity index (χ1v) is 15.2. The van der Waals surface area contributed by atoms with E-state index in [2.05, 4.69) is 9.97 Å². The van der Waals surface area contributed by atoms with Crippen LogP contribution in [-0.4, -0.2) is 85.4 Å². The molecule has 0 amide bonds. The maximum atomic E-state index is 12.1. The van der Waals surface area contributed by atoms with Crippen molar-refractivity contribution in [3.05, 3.63) is 48.2 Å². The third-order valence-corrected chi connectivity index (χ3v) is 7.12. The molecule has 0 radical (unpaired) electrons. The van der Waals surface area contributed by atoms with E-state index in [1.807, 2.05) is 0 Å². The number of carbonyl (C=O) groups excluding carboxylic acids is 4. The average Bonchev–Trinajstić information content (AvgIpc) is 3.84. The highest BCUT2D eigenvalue weighted by Gasteiger charge is 2.25. The average molecular weight is 665 g/mol. The molecule has 0 aromatic carbocycles. The van der Waals surface area contributed by atoms with E-state index in [9.17, 15) is 19.2 Å². The molecule has 2 fully saturated rings. The minimum Gasteiger partial charge on any atom is -0.463 e. The van der Waals surface area contributed by atoms with Gasteiger partial charge in [0, 0.05) is 66.1 Å². The van der Waals surface area contributed by atoms with Crippen LogP contribution < -0.4 is 0 Å². The number of aromatic amines is 2. The Balaban J connectivity index is 0.000000255. The Hall–Kier alpha value is -4.96. The first-order valence-electron chi connectivity index (χ1n) is 15.2. The van der Waals surface area contributed by atoms with E-state index in [0.29, 0.717) is 80.7 Å². The molecule has 2 atom stereocenters. The Bertz CT molecular complexity index is 1580. The first kappa shape index (κ1) is 33.4. The predicted molar refractivity (Wildman–Crippen MR) is 163 cm³/mol. The third kappa shape index (κ3) is 9.52. The van der Waals surface area contributed by atoms with Crippen molar-refractivity contribution in [3.63, 3.8) is 0 Å². The van der Waals surface area contributed by atoms with Gasteiger partial charge in [-0.2, -0.15) is 0 Å². The zero-order valence-corrected chi connectivity index (χ0v) is 25.9. The Labute approximate surface area is 270 Å². The molecule has 4 aromatic heterocycles. The molecule has 0 spiro atoms. The second-order valence-corrected chi connectivity index (χ2v) is 10.6. The predicted octanol–water partition coefficient (Wildman–Crippen LogP) is 6.07. The van der Waals surface area contributed by atoms with E-state index >= 15 is 0 Å². The van der Waals surface area contributed by atoms with Crippen LogP contribution in [-0.2, 0) is 37.9 Å². The van der Waals surface area contributed by atoms with E-state index in [-0.39, 0.29) is 26.4 Å². The summed E-state index contributed by atoms with van der Waals surface area (Å²) in [6.45, 7) is 5.39. The van der Waals surface area contributed by atoms with E-state index in [1.54, 1.807) is 19.1 Å². The number of esters is 2. The molecular weight excluding hydrogens is 624 g/mol. The van der Waals surface area contributed by atoms with Gasteiger partial charge in [0.05, 0.1) is 50.0 Å². The van der Waals surface area contributed by atoms with Crippen LogP contribution in [0.15, 0.2) is 45.6 Å². The van der Waals surface area contributed by atoms with Crippen molar-refractivity contribution in [3.8, 4) is 0 Å². The van der Waals surface area contributed by atoms with Crippen LogP contribution in [0.1, 0.15) is 69.8 Å². The molecule has 2 aliphatic rings. The van der Waals surface area contributed by atoms with Crippen LogP contribution in [0.25, 0.3) is 22.2 Å². The zero-order chi connectivity index (χ0) is 33.2. The first-order chi connectivity index (χ1) is 22.8. The molecule has 2 unspecified atom stereocenters. The fourth-order valence-corrected chi connectivity index (χ4v) is 4.69. The van der Waals surface area contributed by atoms with E-state index < -0.39 is 36.8 Å². The topological polar surface area (TPSA) is 200 Å². The Morgan fingerprint density at radius 1 is 0.745 bits per heavy atom. The Morgan fingerprint density at radius 2 is 1.21 bits per heavy atom. The Morgan fingerprint density at radius 3 is 1.68 bits per heavy atom. The molecule has 2 saturated heterocycles. The molecule has 258 valence electrons. The van der Waals surface area contributed by atoms with Gasteiger partial charge in [-0.05, 0) is 0 Å². The number of hydrogen-bond donors (Lipinski definition) is 2. The summed E-state index contributed by atoms with van der Waals surface area (Å²) in [7, 11) is 0. The van der Waals surface area contributed by atoms with Crippen LogP contribution in [0.5, 0.6) is 0 Å². The number of aromatic nitrogens is 2. The van der Waals surface area contributed by atoms with Gasteiger partial charge in [-0.1, -0.05) is 6.92 Å². The van der Waals surface area contributed by atoms with Crippen molar-refractivity contribution in [1.82, 2.24) is 9.97 Å². The van der Waals surface area contributed by atoms with Gasteiger partial charge in [-0.25, -0.2) is 19.2 Å². The molecule has 0 saturated carbocycles. The number of rotatable bonds is 9. The van der Waals surface area contributed by atoms with Crippen molar-refractivity contribution >= 4 is 46.4 Å². The number of furan rings is 2. The van der Waals surface area contributed by atoms with Crippen LogP contribution in [0, 0.1) is 0 Å². The molecule has 2 N–H and O–H groups in total. The van der Waals surface area contributed by atoms with E-state index in [0.717, 1.165) is 0 Å². The summed E-state index contributed by atoms with van der Waals surface area (Å²) in [4.78, 5) is 53.2. The van der Waals surface area contributed by atoms with Crippen LogP contribution in [0.3, 0.4) is 0 Å². The lowest BCUT2D eigenvalue weighted by molar-refractivity contribution is -0.107. The SMILES string of the molecule is CC(OC(=O)OC1CCOCC1)OC(=O)c1cc2occc2[nH]1.CCC(OC(=O)OC1CCOCC1)OC(=O)c1cc2occc2[nH]1.[HH].[HH]. The van der Waals surface area contributed by atoms with E-state index in [4.69, 9.17) is 46.7 Å². The van der Waals surface area contributed by atoms with Crippen LogP contribution in [0.2, 0.25) is 0 Å². The normalized spacial score (nSPS) is 16.8. The summed E-state index contributed by atoms with van der Waals surface area (Å²) in [5.74, 6) is -1.28. The number of carbonyl (C=O) groups is 4. The summed E-state index contributed by atoms with van der Waals surface area (Å²) in [5, 5.41) is 0. The van der Waals surface area contributed by atoms with Crippen molar-refractivity contribution in [1.29, 1.82) is 0 Å². The smallest absolute Gasteiger partial charge is 0.463 e. The second kappa shape index (κ2) is 16.0. The number of fused-ring (bicyclic) bond motifs is 2. The number of ether oxygens (including phenoxy) is 8. The van der Waals surface area contributed by atoms with Gasteiger partial charge in [-0.3, -0.25) is 0 Å². The fourth-order valence-electron chi connectivity index (χ4n) is 4.69. The van der Waals surface area contributed by atoms with Crippen LogP contribution >= 0.6 is 0 Å². The minimum atomic E-state index is -1.07. The van der Waals surface area contributed by atoms with Crippen molar-refractivity contribution in [2.45, 2.75) is 70.7 Å². The summed E-state index contributed by atoms with van der Waals surface area (Å²) >= 11 is 0. The quantitative estimate of drug-likeness (QED) is 0.119. The van der Waals surface area contributed by atoms with Gasteiger partial charge in [0.25, 0.3) is 6.29 Å². The minimum absolute atomic E-state index is 0. The maximum absolute atomic E-state index is 12.1. The maximum Gasteiger partial charge on any atom is 0.511 e. The van der Waals surface area contributed by atoms with Crippen molar-refractivity contribution < 1.29 is 68.8 Å². The molecule has 47 heavy (non-hydrogen) atoms. The molecular formula is C31H40N2O14. The monoisotopic (exact) mass is 664 g/mol. The zero-order valence-electron chi connectivity index (χ0n) is 25.9. The molecule has 16 nitrogen and oxygen atoms in total. The van der Waals surface area contributed by atoms with E-state index in [1.165, 1.54) is 31.6 Å². The van der Waals surface area contributed by atoms with Gasteiger partial charge < -0.3 is 56.7 Å². The number of H-pyrrole nitrogens is 2. The highest BCUT2D eigenvalue weighted by atomic mass is 16.8. The molecule has 0 aliphatic carbocycles. The number of hydrogen-bond acceptors (Lipinski definition) is 14. The van der Waals surface area contributed by atoms with Crippen LogP contribution in [0.4, 0.5) is 9.59 Å². The lowest BCUT2D eigenvalue weighted by atomic mass is 10.2. The molecule has 0 bridgehead atoms. The van der Waals surface area contributed by atoms with Gasteiger partial charge >= 0.3 is 24.2 Å². The fraction of sp³-hybridized carbons (Fsp3) is 0.484. The molecule has 16 heteroatoms. The summed E-state index contributed by atoms with van der Waals surface area (Å²) in [6, 6.07) is 6.44. The Kier molecular flexibility index (Phi) is 11.4. The lowest BCUT2D eigenvalue weighted by Crippen LogP contribution is -2.30.